The van der Waals surface area contributed by atoms with Gasteiger partial charge in [0.15, 0.2) is 5.78 Å². The van der Waals surface area contributed by atoms with E-state index in [4.69, 9.17) is 9.47 Å². The zero-order valence-corrected chi connectivity index (χ0v) is 12.3. The SMILES string of the molecule is COc1ccc(C(=O)CCOC2CCNCC2)c(C)c1. The molecule has 20 heavy (non-hydrogen) atoms. The summed E-state index contributed by atoms with van der Waals surface area (Å²) in [5, 5.41) is 3.30. The first kappa shape index (κ1) is 15.0. The van der Waals surface area contributed by atoms with E-state index in [9.17, 15) is 4.79 Å². The van der Waals surface area contributed by atoms with E-state index in [2.05, 4.69) is 5.32 Å². The van der Waals surface area contributed by atoms with Crippen LogP contribution in [-0.2, 0) is 4.74 Å². The molecule has 1 aromatic rings. The molecule has 1 heterocycles. The molecule has 1 fully saturated rings. The summed E-state index contributed by atoms with van der Waals surface area (Å²) in [6.07, 6.45) is 2.82. The molecule has 0 unspecified atom stereocenters. The number of ether oxygens (including phenoxy) is 2. The second kappa shape index (κ2) is 7.41. The van der Waals surface area contributed by atoms with Gasteiger partial charge in [-0.15, -0.1) is 0 Å². The van der Waals surface area contributed by atoms with E-state index in [-0.39, 0.29) is 5.78 Å². The molecular weight excluding hydrogens is 254 g/mol. The molecular formula is C16H23NO3. The van der Waals surface area contributed by atoms with Crippen molar-refractivity contribution in [3.8, 4) is 5.75 Å². The Morgan fingerprint density at radius 3 is 2.75 bits per heavy atom. The molecule has 0 amide bonds. The van der Waals surface area contributed by atoms with Gasteiger partial charge in [-0.1, -0.05) is 0 Å². The van der Waals surface area contributed by atoms with Gasteiger partial charge < -0.3 is 14.8 Å². The number of hydrogen-bond donors (Lipinski definition) is 1. The van der Waals surface area contributed by atoms with E-state index >= 15 is 0 Å². The molecule has 4 nitrogen and oxygen atoms in total. The summed E-state index contributed by atoms with van der Waals surface area (Å²) in [7, 11) is 1.63. The summed E-state index contributed by atoms with van der Waals surface area (Å²) < 4.78 is 10.9. The summed E-state index contributed by atoms with van der Waals surface area (Å²) in [6, 6.07) is 5.55. The highest BCUT2D eigenvalue weighted by molar-refractivity contribution is 5.97. The lowest BCUT2D eigenvalue weighted by Gasteiger charge is -2.22. The zero-order valence-electron chi connectivity index (χ0n) is 12.3. The van der Waals surface area contributed by atoms with Crippen molar-refractivity contribution in [2.75, 3.05) is 26.8 Å². The van der Waals surface area contributed by atoms with E-state index in [1.165, 1.54) is 0 Å². The van der Waals surface area contributed by atoms with E-state index in [1.54, 1.807) is 7.11 Å². The molecule has 0 aliphatic carbocycles. The van der Waals surface area contributed by atoms with Crippen molar-refractivity contribution < 1.29 is 14.3 Å². The Bertz CT molecular complexity index is 453. The number of benzene rings is 1. The largest absolute Gasteiger partial charge is 0.497 e. The van der Waals surface area contributed by atoms with E-state index in [0.29, 0.717) is 19.1 Å². The minimum absolute atomic E-state index is 0.138. The number of carbonyl (C=O) groups excluding carboxylic acids is 1. The Morgan fingerprint density at radius 2 is 2.10 bits per heavy atom. The highest BCUT2D eigenvalue weighted by Crippen LogP contribution is 2.18. The van der Waals surface area contributed by atoms with Gasteiger partial charge in [0.05, 0.1) is 19.8 Å². The van der Waals surface area contributed by atoms with Crippen LogP contribution in [0, 0.1) is 6.92 Å². The molecule has 1 aliphatic rings. The highest BCUT2D eigenvalue weighted by atomic mass is 16.5. The maximum absolute atomic E-state index is 12.2. The Balaban J connectivity index is 1.82. The molecule has 0 bridgehead atoms. The van der Waals surface area contributed by atoms with Crippen molar-refractivity contribution in [2.24, 2.45) is 0 Å². The monoisotopic (exact) mass is 277 g/mol. The average Bonchev–Trinajstić information content (AvgIpc) is 2.48. The Hall–Kier alpha value is -1.39. The van der Waals surface area contributed by atoms with Crippen LogP contribution in [0.25, 0.3) is 0 Å². The predicted molar refractivity (Wildman–Crippen MR) is 78.5 cm³/mol. The van der Waals surface area contributed by atoms with Gasteiger partial charge in [-0.3, -0.25) is 4.79 Å². The van der Waals surface area contributed by atoms with Gasteiger partial charge in [-0.25, -0.2) is 0 Å². The van der Waals surface area contributed by atoms with E-state index in [0.717, 1.165) is 42.8 Å². The van der Waals surface area contributed by atoms with Crippen LogP contribution in [0.5, 0.6) is 5.75 Å². The van der Waals surface area contributed by atoms with Crippen LogP contribution in [0.15, 0.2) is 18.2 Å². The molecule has 0 aromatic heterocycles. The maximum Gasteiger partial charge on any atom is 0.165 e. The van der Waals surface area contributed by atoms with Crippen LogP contribution >= 0.6 is 0 Å². The number of carbonyl (C=O) groups is 1. The predicted octanol–water partition coefficient (Wildman–Crippen LogP) is 2.35. The lowest BCUT2D eigenvalue weighted by atomic mass is 10.0. The fourth-order valence-corrected chi connectivity index (χ4v) is 2.49. The van der Waals surface area contributed by atoms with Gasteiger partial charge in [0, 0.05) is 12.0 Å². The summed E-state index contributed by atoms with van der Waals surface area (Å²) in [5.74, 6) is 0.920. The normalized spacial score (nSPS) is 16.1. The third-order valence-corrected chi connectivity index (χ3v) is 3.70. The van der Waals surface area contributed by atoms with Crippen LogP contribution in [0.3, 0.4) is 0 Å². The van der Waals surface area contributed by atoms with Crippen LogP contribution < -0.4 is 10.1 Å². The first-order valence-corrected chi connectivity index (χ1v) is 7.21. The van der Waals surface area contributed by atoms with Gasteiger partial charge in [-0.2, -0.15) is 0 Å². The number of rotatable bonds is 6. The minimum Gasteiger partial charge on any atom is -0.497 e. The zero-order chi connectivity index (χ0) is 14.4. The summed E-state index contributed by atoms with van der Waals surface area (Å²) in [4.78, 5) is 12.2. The number of piperidine rings is 1. The molecule has 0 spiro atoms. The van der Waals surface area contributed by atoms with Crippen molar-refractivity contribution in [1.29, 1.82) is 0 Å². The van der Waals surface area contributed by atoms with Crippen LogP contribution in [-0.4, -0.2) is 38.7 Å². The molecule has 0 atom stereocenters. The van der Waals surface area contributed by atoms with Gasteiger partial charge >= 0.3 is 0 Å². The molecule has 4 heteroatoms. The summed E-state index contributed by atoms with van der Waals surface area (Å²) >= 11 is 0. The molecule has 1 aromatic carbocycles. The molecule has 110 valence electrons. The molecule has 1 aliphatic heterocycles. The minimum atomic E-state index is 0.138. The van der Waals surface area contributed by atoms with Gasteiger partial charge in [0.1, 0.15) is 5.75 Å². The fraction of sp³-hybridized carbons (Fsp3) is 0.562. The van der Waals surface area contributed by atoms with Gasteiger partial charge in [0.25, 0.3) is 0 Å². The first-order chi connectivity index (χ1) is 9.70. The first-order valence-electron chi connectivity index (χ1n) is 7.21. The van der Waals surface area contributed by atoms with Gasteiger partial charge in [0.2, 0.25) is 0 Å². The lowest BCUT2D eigenvalue weighted by Crippen LogP contribution is -2.32. The Kier molecular flexibility index (Phi) is 5.56. The number of aryl methyl sites for hydroxylation is 1. The standard InChI is InChI=1S/C16H23NO3/c1-12-11-14(19-2)3-4-15(12)16(18)7-10-20-13-5-8-17-9-6-13/h3-4,11,13,17H,5-10H2,1-2H3. The number of methoxy groups -OCH3 is 1. The number of Topliss-reactive ketones (excluding diaryl/α,β-unsaturated/α-hetero) is 1. The third kappa shape index (κ3) is 4.05. The number of hydrogen-bond acceptors (Lipinski definition) is 4. The average molecular weight is 277 g/mol. The topological polar surface area (TPSA) is 47.6 Å². The van der Waals surface area contributed by atoms with E-state index in [1.807, 2.05) is 25.1 Å². The molecule has 1 N–H and O–H groups in total. The number of ketones is 1. The highest BCUT2D eigenvalue weighted by Gasteiger charge is 2.15. The van der Waals surface area contributed by atoms with E-state index < -0.39 is 0 Å². The molecule has 2 rings (SSSR count). The smallest absolute Gasteiger partial charge is 0.165 e. The van der Waals surface area contributed by atoms with Gasteiger partial charge in [-0.05, 0) is 56.6 Å². The second-order valence-electron chi connectivity index (χ2n) is 5.17. The number of nitrogens with one attached hydrogen (secondary N) is 1. The van der Waals surface area contributed by atoms with Crippen LogP contribution in [0.1, 0.15) is 35.2 Å². The molecule has 0 radical (unpaired) electrons. The quantitative estimate of drug-likeness (QED) is 0.811. The van der Waals surface area contributed by atoms with Crippen LogP contribution in [0.2, 0.25) is 0 Å². The second-order valence-corrected chi connectivity index (χ2v) is 5.17. The maximum atomic E-state index is 12.2. The van der Waals surface area contributed by atoms with Crippen molar-refractivity contribution in [1.82, 2.24) is 5.32 Å². The van der Waals surface area contributed by atoms with Crippen molar-refractivity contribution >= 4 is 5.78 Å². The molecule has 1 saturated heterocycles. The van der Waals surface area contributed by atoms with Crippen molar-refractivity contribution in [3.05, 3.63) is 29.3 Å². The van der Waals surface area contributed by atoms with Crippen molar-refractivity contribution in [3.63, 3.8) is 0 Å². The summed E-state index contributed by atoms with van der Waals surface area (Å²) in [5.41, 5.74) is 1.72. The fourth-order valence-electron chi connectivity index (χ4n) is 2.49. The molecule has 0 saturated carbocycles. The lowest BCUT2D eigenvalue weighted by molar-refractivity contribution is 0.0313. The van der Waals surface area contributed by atoms with Crippen LogP contribution in [0.4, 0.5) is 0 Å². The third-order valence-electron chi connectivity index (χ3n) is 3.70. The Labute approximate surface area is 120 Å². The summed E-state index contributed by atoms with van der Waals surface area (Å²) in [6.45, 7) is 4.46. The van der Waals surface area contributed by atoms with Crippen molar-refractivity contribution in [2.45, 2.75) is 32.3 Å². The Morgan fingerprint density at radius 1 is 1.35 bits per heavy atom.